The molecule has 3 atom stereocenters. The largest absolute Gasteiger partial charge is 0.389 e. The van der Waals surface area contributed by atoms with E-state index < -0.39 is 17.6 Å². The third kappa shape index (κ3) is 3.74. The lowest BCUT2D eigenvalue weighted by Crippen LogP contribution is -2.56. The molecule has 2 aromatic carbocycles. The first-order chi connectivity index (χ1) is 11.0. The van der Waals surface area contributed by atoms with Crippen LogP contribution in [-0.4, -0.2) is 28.8 Å². The summed E-state index contributed by atoms with van der Waals surface area (Å²) in [5.41, 5.74) is 0. The highest BCUT2D eigenvalue weighted by molar-refractivity contribution is 6.93. The number of aliphatic hydroxyl groups excluding tert-OH is 1. The zero-order valence-electron chi connectivity index (χ0n) is 14.6. The second kappa shape index (κ2) is 7.91. The first-order valence-electron chi connectivity index (χ1n) is 8.42. The second-order valence-corrected chi connectivity index (χ2v) is 14.0. The Labute approximate surface area is 143 Å². The first kappa shape index (κ1) is 17.9. The van der Waals surface area contributed by atoms with Gasteiger partial charge in [0.1, 0.15) is 0 Å². The minimum atomic E-state index is -1.35. The lowest BCUT2D eigenvalue weighted by molar-refractivity contribution is 0.201. The van der Waals surface area contributed by atoms with Gasteiger partial charge in [0.25, 0.3) is 0 Å². The average Bonchev–Trinajstić information content (AvgIpc) is 2.61. The van der Waals surface area contributed by atoms with Gasteiger partial charge in [0.2, 0.25) is 0 Å². The summed E-state index contributed by atoms with van der Waals surface area (Å²) in [6.45, 7) is 9.11. The van der Waals surface area contributed by atoms with Gasteiger partial charge in [0.15, 0.2) is 0 Å². The van der Waals surface area contributed by atoms with Crippen LogP contribution in [0.1, 0.15) is 13.8 Å². The van der Waals surface area contributed by atoms with Gasteiger partial charge in [-0.3, -0.25) is 0 Å². The molecule has 0 aliphatic rings. The monoisotopic (exact) mass is 340 g/mol. The van der Waals surface area contributed by atoms with Crippen molar-refractivity contribution in [2.45, 2.75) is 37.7 Å². The van der Waals surface area contributed by atoms with E-state index in [1.807, 2.05) is 19.1 Å². The molecule has 0 aromatic heterocycles. The van der Waals surface area contributed by atoms with Crippen molar-refractivity contribution in [1.82, 2.24) is 0 Å². The summed E-state index contributed by atoms with van der Waals surface area (Å²) < 4.78 is -0.0186. The highest BCUT2D eigenvalue weighted by Crippen LogP contribution is 2.37. The zero-order valence-corrected chi connectivity index (χ0v) is 16.9. The van der Waals surface area contributed by atoms with Gasteiger partial charge in [-0.25, -0.2) is 0 Å². The summed E-state index contributed by atoms with van der Waals surface area (Å²) in [7, 11) is -2.69. The topological polar surface area (TPSA) is 20.2 Å². The van der Waals surface area contributed by atoms with Crippen LogP contribution in [0.3, 0.4) is 0 Å². The van der Waals surface area contributed by atoms with Gasteiger partial charge in [-0.2, -0.15) is 0 Å². The normalized spacial score (nSPS) is 18.3. The lowest BCUT2D eigenvalue weighted by Gasteiger charge is -2.43. The smallest absolute Gasteiger partial charge is 0.0742 e. The summed E-state index contributed by atoms with van der Waals surface area (Å²) in [5.74, 6) is 0. The van der Waals surface area contributed by atoms with E-state index in [2.05, 4.69) is 80.7 Å². The number of hydrogen-bond acceptors (Lipinski definition) is 1. The fraction of sp³-hybridized carbons (Fsp3) is 0.300. The van der Waals surface area contributed by atoms with Gasteiger partial charge >= 0.3 is 0 Å². The van der Waals surface area contributed by atoms with Crippen LogP contribution in [0.2, 0.25) is 17.8 Å². The Morgan fingerprint density at radius 1 is 0.870 bits per heavy atom. The third-order valence-electron chi connectivity index (χ3n) is 5.48. The van der Waals surface area contributed by atoms with Gasteiger partial charge < -0.3 is 5.11 Å². The van der Waals surface area contributed by atoms with Crippen LogP contribution in [0.5, 0.6) is 0 Å². The molecule has 1 N–H and O–H groups in total. The van der Waals surface area contributed by atoms with E-state index >= 15 is 0 Å². The Morgan fingerprint density at radius 2 is 1.26 bits per heavy atom. The Balaban J connectivity index is 2.48. The summed E-state index contributed by atoms with van der Waals surface area (Å²) in [6.07, 6.45) is 3.59. The predicted octanol–water partition coefficient (Wildman–Crippen LogP) is 2.75. The quantitative estimate of drug-likeness (QED) is 0.633. The van der Waals surface area contributed by atoms with Crippen LogP contribution in [0.25, 0.3) is 0 Å². The van der Waals surface area contributed by atoms with Gasteiger partial charge in [-0.15, -0.1) is 0 Å². The molecular weight excluding hydrogens is 312 g/mol. The molecule has 0 aliphatic heterocycles. The Morgan fingerprint density at radius 3 is 1.61 bits per heavy atom. The standard InChI is InChI=1S/C20H28OSi2/c1-5-12-19(21)20(2,22(3)17-13-8-6-9-14-17)23(4)18-15-10-7-11-16-18/h5-16,19,21-23H,1-4H3. The van der Waals surface area contributed by atoms with Crippen LogP contribution >= 0.6 is 0 Å². The van der Waals surface area contributed by atoms with Crippen molar-refractivity contribution in [2.24, 2.45) is 0 Å². The Kier molecular flexibility index (Phi) is 6.16. The number of benzene rings is 2. The highest BCUT2D eigenvalue weighted by atomic mass is 28.3. The summed E-state index contributed by atoms with van der Waals surface area (Å²) in [4.78, 5) is 0. The van der Waals surface area contributed by atoms with E-state index in [0.29, 0.717) is 0 Å². The first-order valence-corrected chi connectivity index (χ1v) is 13.0. The average molecular weight is 341 g/mol. The molecule has 0 saturated heterocycles. The number of allylic oxidation sites excluding steroid dienone is 1. The van der Waals surface area contributed by atoms with Crippen LogP contribution in [-0.2, 0) is 0 Å². The van der Waals surface area contributed by atoms with E-state index in [9.17, 15) is 5.11 Å². The van der Waals surface area contributed by atoms with Gasteiger partial charge in [0, 0.05) is 0 Å². The Bertz CT molecular complexity index is 579. The fourth-order valence-corrected chi connectivity index (χ4v) is 11.9. The van der Waals surface area contributed by atoms with Crippen molar-refractivity contribution >= 4 is 28.0 Å². The molecule has 1 nitrogen and oxygen atoms in total. The van der Waals surface area contributed by atoms with E-state index in [-0.39, 0.29) is 10.8 Å². The van der Waals surface area contributed by atoms with Crippen LogP contribution in [0.4, 0.5) is 0 Å². The highest BCUT2D eigenvalue weighted by Gasteiger charge is 2.44. The van der Waals surface area contributed by atoms with Crippen molar-refractivity contribution in [3.8, 4) is 0 Å². The molecule has 0 amide bonds. The SMILES string of the molecule is CC=CC(O)C(C)([SiH](C)c1ccccc1)[SiH](C)c1ccccc1. The molecule has 0 fully saturated rings. The van der Waals surface area contributed by atoms with Gasteiger partial charge in [-0.05, 0) is 11.6 Å². The van der Waals surface area contributed by atoms with Crippen molar-refractivity contribution < 1.29 is 5.11 Å². The third-order valence-corrected chi connectivity index (χ3v) is 15.7. The van der Waals surface area contributed by atoms with E-state index in [4.69, 9.17) is 0 Å². The lowest BCUT2D eigenvalue weighted by atomic mass is 10.2. The fourth-order valence-electron chi connectivity index (χ4n) is 3.48. The van der Waals surface area contributed by atoms with E-state index in [1.165, 1.54) is 10.4 Å². The molecule has 3 heteroatoms. The summed E-state index contributed by atoms with van der Waals surface area (Å²) in [5, 5.41) is 13.9. The predicted molar refractivity (Wildman–Crippen MR) is 107 cm³/mol. The van der Waals surface area contributed by atoms with Crippen LogP contribution in [0, 0.1) is 0 Å². The molecule has 122 valence electrons. The van der Waals surface area contributed by atoms with Crippen molar-refractivity contribution in [3.05, 3.63) is 72.8 Å². The molecule has 0 spiro atoms. The maximum Gasteiger partial charge on any atom is 0.0742 e. The molecule has 3 unspecified atom stereocenters. The summed E-state index contributed by atoms with van der Waals surface area (Å²) >= 11 is 0. The molecule has 0 radical (unpaired) electrons. The molecule has 0 saturated carbocycles. The molecule has 0 bridgehead atoms. The summed E-state index contributed by atoms with van der Waals surface area (Å²) in [6, 6.07) is 21.6. The number of hydrogen-bond donors (Lipinski definition) is 1. The minimum absolute atomic E-state index is 0.0186. The van der Waals surface area contributed by atoms with Gasteiger partial charge in [0.05, 0.1) is 23.7 Å². The zero-order chi connectivity index (χ0) is 16.9. The van der Waals surface area contributed by atoms with Crippen LogP contribution < -0.4 is 10.4 Å². The van der Waals surface area contributed by atoms with Crippen molar-refractivity contribution in [3.63, 3.8) is 0 Å². The molecular formula is C20H28OSi2. The molecule has 2 rings (SSSR count). The number of aliphatic hydroxyl groups is 1. The second-order valence-electron chi connectivity index (χ2n) is 6.60. The maximum atomic E-state index is 11.0. The van der Waals surface area contributed by atoms with Crippen molar-refractivity contribution in [2.75, 3.05) is 0 Å². The van der Waals surface area contributed by atoms with Crippen LogP contribution in [0.15, 0.2) is 72.8 Å². The molecule has 23 heavy (non-hydrogen) atoms. The maximum absolute atomic E-state index is 11.0. The Hall–Kier alpha value is -1.43. The van der Waals surface area contributed by atoms with E-state index in [1.54, 1.807) is 0 Å². The number of rotatable bonds is 6. The molecule has 2 aromatic rings. The molecule has 0 aliphatic carbocycles. The van der Waals surface area contributed by atoms with Crippen molar-refractivity contribution in [1.29, 1.82) is 0 Å². The minimum Gasteiger partial charge on any atom is -0.389 e. The molecule has 0 heterocycles. The van der Waals surface area contributed by atoms with Gasteiger partial charge in [-0.1, -0.05) is 103 Å². The van der Waals surface area contributed by atoms with E-state index in [0.717, 1.165) is 0 Å².